The van der Waals surface area contributed by atoms with E-state index < -0.39 is 0 Å². The average Bonchev–Trinajstić information content (AvgIpc) is 2.64. The molecule has 0 aromatic carbocycles. The van der Waals surface area contributed by atoms with Crippen LogP contribution in [0.5, 0.6) is 0 Å². The zero-order chi connectivity index (χ0) is 12.4. The fraction of sp³-hybridized carbons (Fsp3) is 0.750. The summed E-state index contributed by atoms with van der Waals surface area (Å²) in [7, 11) is 3.74. The summed E-state index contributed by atoms with van der Waals surface area (Å²) in [5.41, 5.74) is 7.98. The van der Waals surface area contributed by atoms with Crippen LogP contribution in [0.2, 0.25) is 0 Å². The number of ether oxygens (including phenoxy) is 1. The molecule has 1 aromatic rings. The van der Waals surface area contributed by atoms with Gasteiger partial charge in [0, 0.05) is 27.2 Å². The van der Waals surface area contributed by atoms with E-state index in [1.165, 1.54) is 0 Å². The number of nitrogens with two attached hydrogens (primary N) is 1. The summed E-state index contributed by atoms with van der Waals surface area (Å²) in [5.74, 6) is 1.05. The Morgan fingerprint density at radius 1 is 1.53 bits per heavy atom. The predicted octanol–water partition coefficient (Wildman–Crippen LogP) is 1.18. The van der Waals surface area contributed by atoms with Crippen LogP contribution in [0.15, 0.2) is 0 Å². The van der Waals surface area contributed by atoms with Crippen LogP contribution in [-0.4, -0.2) is 36.1 Å². The number of piperidine rings is 1. The number of rotatable bonds is 3. The van der Waals surface area contributed by atoms with E-state index in [2.05, 4.69) is 16.9 Å². The number of anilines is 2. The zero-order valence-electron chi connectivity index (χ0n) is 10.9. The number of methoxy groups -OCH3 is 1. The number of aryl methyl sites for hydroxylation is 2. The van der Waals surface area contributed by atoms with Crippen molar-refractivity contribution in [3.05, 3.63) is 5.69 Å². The molecule has 96 valence electrons. The topological polar surface area (TPSA) is 56.3 Å². The lowest BCUT2D eigenvalue weighted by atomic mass is 10.1. The Labute approximate surface area is 103 Å². The van der Waals surface area contributed by atoms with Gasteiger partial charge in [-0.05, 0) is 19.3 Å². The van der Waals surface area contributed by atoms with Gasteiger partial charge in [-0.1, -0.05) is 6.92 Å². The quantitative estimate of drug-likeness (QED) is 0.859. The molecule has 1 unspecified atom stereocenters. The van der Waals surface area contributed by atoms with Gasteiger partial charge in [0.2, 0.25) is 0 Å². The van der Waals surface area contributed by atoms with Crippen LogP contribution >= 0.6 is 0 Å². The minimum atomic E-state index is 0.308. The van der Waals surface area contributed by atoms with E-state index in [0.29, 0.717) is 6.10 Å². The van der Waals surface area contributed by atoms with Crippen LogP contribution in [0.3, 0.4) is 0 Å². The van der Waals surface area contributed by atoms with Crippen molar-refractivity contribution in [2.45, 2.75) is 32.3 Å². The Kier molecular flexibility index (Phi) is 3.57. The molecule has 17 heavy (non-hydrogen) atoms. The van der Waals surface area contributed by atoms with E-state index in [-0.39, 0.29) is 0 Å². The summed E-state index contributed by atoms with van der Waals surface area (Å²) < 4.78 is 7.34. The molecule has 1 aliphatic heterocycles. The molecular formula is C12H22N4O. The van der Waals surface area contributed by atoms with Gasteiger partial charge in [0.25, 0.3) is 0 Å². The van der Waals surface area contributed by atoms with Crippen molar-refractivity contribution in [1.29, 1.82) is 0 Å². The van der Waals surface area contributed by atoms with Gasteiger partial charge in [0.05, 0.1) is 17.5 Å². The lowest BCUT2D eigenvalue weighted by molar-refractivity contribution is 0.0890. The van der Waals surface area contributed by atoms with Crippen LogP contribution in [0.4, 0.5) is 11.5 Å². The van der Waals surface area contributed by atoms with Crippen molar-refractivity contribution in [2.75, 3.05) is 30.8 Å². The predicted molar refractivity (Wildman–Crippen MR) is 69.2 cm³/mol. The van der Waals surface area contributed by atoms with Crippen molar-refractivity contribution in [2.24, 2.45) is 7.05 Å². The van der Waals surface area contributed by atoms with Crippen molar-refractivity contribution < 1.29 is 4.74 Å². The third-order valence-corrected chi connectivity index (χ3v) is 3.47. The fourth-order valence-corrected chi connectivity index (χ4v) is 2.54. The van der Waals surface area contributed by atoms with Crippen molar-refractivity contribution in [1.82, 2.24) is 9.78 Å². The van der Waals surface area contributed by atoms with E-state index in [0.717, 1.165) is 49.6 Å². The second kappa shape index (κ2) is 4.96. The average molecular weight is 238 g/mol. The first-order valence-electron chi connectivity index (χ1n) is 6.26. The molecular weight excluding hydrogens is 216 g/mol. The van der Waals surface area contributed by atoms with E-state index in [1.807, 2.05) is 11.7 Å². The Morgan fingerprint density at radius 2 is 2.29 bits per heavy atom. The van der Waals surface area contributed by atoms with Crippen LogP contribution in [-0.2, 0) is 18.2 Å². The van der Waals surface area contributed by atoms with Gasteiger partial charge in [-0.3, -0.25) is 4.68 Å². The Hall–Kier alpha value is -1.23. The highest BCUT2D eigenvalue weighted by molar-refractivity contribution is 5.66. The highest BCUT2D eigenvalue weighted by Gasteiger charge is 2.24. The summed E-state index contributed by atoms with van der Waals surface area (Å²) in [6, 6.07) is 0. The Morgan fingerprint density at radius 3 is 2.88 bits per heavy atom. The van der Waals surface area contributed by atoms with Gasteiger partial charge >= 0.3 is 0 Å². The zero-order valence-corrected chi connectivity index (χ0v) is 10.9. The van der Waals surface area contributed by atoms with Crippen LogP contribution < -0.4 is 10.6 Å². The molecule has 1 aliphatic rings. The Balaban J connectivity index is 2.24. The summed E-state index contributed by atoms with van der Waals surface area (Å²) in [6.07, 6.45) is 3.46. The third-order valence-electron chi connectivity index (χ3n) is 3.47. The van der Waals surface area contributed by atoms with Crippen molar-refractivity contribution >= 4 is 11.5 Å². The van der Waals surface area contributed by atoms with Crippen LogP contribution in [0.1, 0.15) is 25.5 Å². The SMILES string of the molecule is CCc1nn(C)c(N2CCCC(OC)C2)c1N. The molecule has 2 heterocycles. The fourth-order valence-electron chi connectivity index (χ4n) is 2.54. The van der Waals surface area contributed by atoms with Crippen LogP contribution in [0, 0.1) is 0 Å². The molecule has 0 spiro atoms. The van der Waals surface area contributed by atoms with Crippen molar-refractivity contribution in [3.63, 3.8) is 0 Å². The van der Waals surface area contributed by atoms with Gasteiger partial charge in [0.15, 0.2) is 0 Å². The minimum Gasteiger partial charge on any atom is -0.394 e. The molecule has 5 heteroatoms. The van der Waals surface area contributed by atoms with Crippen LogP contribution in [0.25, 0.3) is 0 Å². The highest BCUT2D eigenvalue weighted by Crippen LogP contribution is 2.29. The second-order valence-corrected chi connectivity index (χ2v) is 4.61. The summed E-state index contributed by atoms with van der Waals surface area (Å²) in [4.78, 5) is 2.29. The van der Waals surface area contributed by atoms with E-state index in [1.54, 1.807) is 7.11 Å². The molecule has 5 nitrogen and oxygen atoms in total. The molecule has 1 saturated heterocycles. The van der Waals surface area contributed by atoms with Gasteiger partial charge in [-0.25, -0.2) is 0 Å². The molecule has 0 amide bonds. The lowest BCUT2D eigenvalue weighted by Gasteiger charge is -2.33. The highest BCUT2D eigenvalue weighted by atomic mass is 16.5. The van der Waals surface area contributed by atoms with E-state index >= 15 is 0 Å². The molecule has 1 aromatic heterocycles. The minimum absolute atomic E-state index is 0.308. The maximum absolute atomic E-state index is 6.17. The summed E-state index contributed by atoms with van der Waals surface area (Å²) in [5, 5.41) is 4.46. The first-order chi connectivity index (χ1) is 8.17. The maximum atomic E-state index is 6.17. The van der Waals surface area contributed by atoms with Gasteiger partial charge in [0.1, 0.15) is 5.82 Å². The largest absolute Gasteiger partial charge is 0.394 e. The maximum Gasteiger partial charge on any atom is 0.150 e. The first kappa shape index (κ1) is 12.2. The molecule has 0 bridgehead atoms. The lowest BCUT2D eigenvalue weighted by Crippen LogP contribution is -2.40. The number of hydrogen-bond acceptors (Lipinski definition) is 4. The monoisotopic (exact) mass is 238 g/mol. The molecule has 0 radical (unpaired) electrons. The molecule has 2 N–H and O–H groups in total. The Bertz CT molecular complexity index is 388. The number of nitrogens with zero attached hydrogens (tertiary/aromatic N) is 3. The van der Waals surface area contributed by atoms with E-state index in [9.17, 15) is 0 Å². The molecule has 2 rings (SSSR count). The number of nitrogen functional groups attached to an aromatic ring is 1. The molecule has 0 saturated carbocycles. The van der Waals surface area contributed by atoms with E-state index in [4.69, 9.17) is 10.5 Å². The van der Waals surface area contributed by atoms with Gasteiger partial charge in [-0.2, -0.15) is 5.10 Å². The summed E-state index contributed by atoms with van der Waals surface area (Å²) >= 11 is 0. The standard InChI is InChI=1S/C12H22N4O/c1-4-10-11(13)12(15(2)14-10)16-7-5-6-9(8-16)17-3/h9H,4-8,13H2,1-3H3. The number of aromatic nitrogens is 2. The molecule has 0 aliphatic carbocycles. The van der Waals surface area contributed by atoms with Gasteiger partial charge in [-0.15, -0.1) is 0 Å². The second-order valence-electron chi connectivity index (χ2n) is 4.61. The summed E-state index contributed by atoms with van der Waals surface area (Å²) in [6.45, 7) is 4.02. The first-order valence-corrected chi connectivity index (χ1v) is 6.26. The molecule has 1 fully saturated rings. The van der Waals surface area contributed by atoms with Gasteiger partial charge < -0.3 is 15.4 Å². The molecule has 1 atom stereocenters. The number of hydrogen-bond donors (Lipinski definition) is 1. The third kappa shape index (κ3) is 2.24. The normalized spacial score (nSPS) is 20.9. The smallest absolute Gasteiger partial charge is 0.150 e. The van der Waals surface area contributed by atoms with Crippen molar-refractivity contribution in [3.8, 4) is 0 Å².